The van der Waals surface area contributed by atoms with Crippen molar-refractivity contribution in [3.05, 3.63) is 33.3 Å². The van der Waals surface area contributed by atoms with E-state index >= 15 is 0 Å². The second-order valence-corrected chi connectivity index (χ2v) is 6.31. The van der Waals surface area contributed by atoms with E-state index < -0.39 is 0 Å². The van der Waals surface area contributed by atoms with E-state index in [-0.39, 0.29) is 6.04 Å². The van der Waals surface area contributed by atoms with Gasteiger partial charge in [-0.2, -0.15) is 0 Å². The van der Waals surface area contributed by atoms with Gasteiger partial charge in [0.05, 0.1) is 31.0 Å². The molecule has 0 radical (unpaired) electrons. The van der Waals surface area contributed by atoms with Gasteiger partial charge in [0.25, 0.3) is 0 Å². The van der Waals surface area contributed by atoms with Gasteiger partial charge in [-0.3, -0.25) is 0 Å². The van der Waals surface area contributed by atoms with Crippen molar-refractivity contribution in [2.75, 3.05) is 19.5 Å². The average molecular weight is 306 g/mol. The van der Waals surface area contributed by atoms with Crippen molar-refractivity contribution in [1.82, 2.24) is 4.98 Å². The third kappa shape index (κ3) is 3.29. The normalized spacial score (nSPS) is 12.1. The molecule has 0 saturated heterocycles. The van der Waals surface area contributed by atoms with Crippen molar-refractivity contribution in [3.63, 3.8) is 0 Å². The van der Waals surface area contributed by atoms with Gasteiger partial charge >= 0.3 is 0 Å². The lowest BCUT2D eigenvalue weighted by atomic mass is 10.1. The maximum atomic E-state index is 5.37. The molecule has 2 rings (SSSR count). The summed E-state index contributed by atoms with van der Waals surface area (Å²) in [5.41, 5.74) is 3.26. The van der Waals surface area contributed by atoms with Gasteiger partial charge in [0.15, 0.2) is 11.5 Å². The number of nitrogens with zero attached hydrogens (tertiary/aromatic N) is 1. The number of ether oxygens (including phenoxy) is 2. The first-order valence-electron chi connectivity index (χ1n) is 6.89. The van der Waals surface area contributed by atoms with Gasteiger partial charge in [-0.1, -0.05) is 0 Å². The summed E-state index contributed by atoms with van der Waals surface area (Å²) in [7, 11) is 3.30. The van der Waals surface area contributed by atoms with Crippen LogP contribution in [0.5, 0.6) is 11.5 Å². The molecule has 0 aliphatic carbocycles. The molecule has 0 spiro atoms. The number of anilines is 1. The van der Waals surface area contributed by atoms with E-state index in [1.54, 1.807) is 25.6 Å². The van der Waals surface area contributed by atoms with Crippen molar-refractivity contribution in [2.45, 2.75) is 33.7 Å². The van der Waals surface area contributed by atoms with Crippen molar-refractivity contribution in [1.29, 1.82) is 0 Å². The van der Waals surface area contributed by atoms with E-state index in [9.17, 15) is 0 Å². The molecular weight excluding hydrogens is 284 g/mol. The summed E-state index contributed by atoms with van der Waals surface area (Å²) in [6.45, 7) is 8.30. The number of benzene rings is 1. The highest BCUT2D eigenvalue weighted by Crippen LogP contribution is 2.35. The molecule has 0 fully saturated rings. The molecular formula is C16H22N2O2S. The van der Waals surface area contributed by atoms with Gasteiger partial charge in [0, 0.05) is 16.6 Å². The Balaban J connectivity index is 2.28. The van der Waals surface area contributed by atoms with Gasteiger partial charge < -0.3 is 14.8 Å². The second kappa shape index (κ2) is 6.35. The fraction of sp³-hybridized carbons (Fsp3) is 0.438. The zero-order valence-electron chi connectivity index (χ0n) is 13.4. The first kappa shape index (κ1) is 15.6. The number of methoxy groups -OCH3 is 2. The van der Waals surface area contributed by atoms with Crippen LogP contribution >= 0.6 is 11.3 Å². The van der Waals surface area contributed by atoms with E-state index in [0.29, 0.717) is 0 Å². The summed E-state index contributed by atoms with van der Waals surface area (Å²) in [4.78, 5) is 5.76. The van der Waals surface area contributed by atoms with Crippen LogP contribution in [-0.2, 0) is 0 Å². The number of aromatic nitrogens is 1. The minimum Gasteiger partial charge on any atom is -0.493 e. The molecule has 21 heavy (non-hydrogen) atoms. The van der Waals surface area contributed by atoms with Crippen LogP contribution in [0.1, 0.15) is 34.1 Å². The molecule has 2 aromatic rings. The second-order valence-electron chi connectivity index (χ2n) is 5.07. The van der Waals surface area contributed by atoms with Crippen LogP contribution in [0.3, 0.4) is 0 Å². The zero-order chi connectivity index (χ0) is 15.6. The molecule has 1 unspecified atom stereocenters. The first-order chi connectivity index (χ1) is 9.96. The topological polar surface area (TPSA) is 43.4 Å². The van der Waals surface area contributed by atoms with E-state index in [4.69, 9.17) is 9.47 Å². The summed E-state index contributed by atoms with van der Waals surface area (Å²) in [5.74, 6) is 1.48. The maximum Gasteiger partial charge on any atom is 0.162 e. The Labute approximate surface area is 130 Å². The molecule has 0 bridgehead atoms. The van der Waals surface area contributed by atoms with Crippen LogP contribution in [0, 0.1) is 20.8 Å². The summed E-state index contributed by atoms with van der Waals surface area (Å²) in [5, 5.41) is 4.64. The van der Waals surface area contributed by atoms with Crippen LogP contribution in [0.2, 0.25) is 0 Å². The molecule has 5 heteroatoms. The van der Waals surface area contributed by atoms with Crippen molar-refractivity contribution >= 4 is 17.0 Å². The van der Waals surface area contributed by atoms with Crippen molar-refractivity contribution in [3.8, 4) is 11.5 Å². The molecule has 0 aliphatic heterocycles. The Morgan fingerprint density at radius 1 is 1.10 bits per heavy atom. The number of aryl methyl sites for hydroxylation is 3. The molecule has 1 heterocycles. The van der Waals surface area contributed by atoms with Crippen LogP contribution in [-0.4, -0.2) is 19.2 Å². The summed E-state index contributed by atoms with van der Waals surface area (Å²) in [6.07, 6.45) is 0. The van der Waals surface area contributed by atoms with Gasteiger partial charge in [-0.25, -0.2) is 4.98 Å². The van der Waals surface area contributed by atoms with Crippen molar-refractivity contribution < 1.29 is 9.47 Å². The monoisotopic (exact) mass is 306 g/mol. The van der Waals surface area contributed by atoms with Crippen LogP contribution in [0.15, 0.2) is 12.1 Å². The smallest absolute Gasteiger partial charge is 0.162 e. The molecule has 1 N–H and O–H groups in total. The Bertz CT molecular complexity index is 637. The highest BCUT2D eigenvalue weighted by Gasteiger charge is 2.15. The number of nitrogens with one attached hydrogen (secondary N) is 1. The van der Waals surface area contributed by atoms with Gasteiger partial charge in [-0.05, 0) is 39.3 Å². The highest BCUT2D eigenvalue weighted by atomic mass is 32.1. The first-order valence-corrected chi connectivity index (χ1v) is 7.71. The van der Waals surface area contributed by atoms with Gasteiger partial charge in [0.2, 0.25) is 0 Å². The molecule has 1 atom stereocenters. The lowest BCUT2D eigenvalue weighted by Crippen LogP contribution is -2.08. The molecule has 4 nitrogen and oxygen atoms in total. The van der Waals surface area contributed by atoms with E-state index in [1.807, 2.05) is 19.1 Å². The summed E-state index contributed by atoms with van der Waals surface area (Å²) < 4.78 is 10.7. The standard InChI is InChI=1S/C16H22N2O2S/c1-9-7-14(19-5)15(20-6)8-13(9)18-11(3)16-10(2)17-12(4)21-16/h7-8,11,18H,1-6H3. The quantitative estimate of drug-likeness (QED) is 0.896. The SMILES string of the molecule is COc1cc(C)c(NC(C)c2sc(C)nc2C)cc1OC. The largest absolute Gasteiger partial charge is 0.493 e. The highest BCUT2D eigenvalue weighted by molar-refractivity contribution is 7.11. The third-order valence-electron chi connectivity index (χ3n) is 3.44. The Morgan fingerprint density at radius 3 is 2.24 bits per heavy atom. The number of hydrogen-bond acceptors (Lipinski definition) is 5. The molecule has 1 aromatic heterocycles. The number of rotatable bonds is 5. The number of hydrogen-bond donors (Lipinski definition) is 1. The van der Waals surface area contributed by atoms with Crippen LogP contribution in [0.25, 0.3) is 0 Å². The fourth-order valence-corrected chi connectivity index (χ4v) is 3.31. The summed E-state index contributed by atoms with van der Waals surface area (Å²) in [6, 6.07) is 4.17. The minimum atomic E-state index is 0.202. The van der Waals surface area contributed by atoms with Gasteiger partial charge in [-0.15, -0.1) is 11.3 Å². The van der Waals surface area contributed by atoms with E-state index in [1.165, 1.54) is 4.88 Å². The average Bonchev–Trinajstić information content (AvgIpc) is 2.79. The Hall–Kier alpha value is -1.75. The molecule has 0 amide bonds. The zero-order valence-corrected chi connectivity index (χ0v) is 14.2. The van der Waals surface area contributed by atoms with Crippen molar-refractivity contribution in [2.24, 2.45) is 0 Å². The van der Waals surface area contributed by atoms with Crippen LogP contribution < -0.4 is 14.8 Å². The predicted octanol–water partition coefficient (Wildman–Crippen LogP) is 4.26. The minimum absolute atomic E-state index is 0.202. The van der Waals surface area contributed by atoms with E-state index in [2.05, 4.69) is 31.1 Å². The summed E-state index contributed by atoms with van der Waals surface area (Å²) >= 11 is 1.74. The lowest BCUT2D eigenvalue weighted by Gasteiger charge is -2.18. The third-order valence-corrected chi connectivity index (χ3v) is 4.69. The Kier molecular flexibility index (Phi) is 4.73. The molecule has 114 valence electrons. The molecule has 0 saturated carbocycles. The Morgan fingerprint density at radius 2 is 1.71 bits per heavy atom. The number of thiazole rings is 1. The molecule has 1 aromatic carbocycles. The lowest BCUT2D eigenvalue weighted by molar-refractivity contribution is 0.355. The van der Waals surface area contributed by atoms with Crippen LogP contribution in [0.4, 0.5) is 5.69 Å². The van der Waals surface area contributed by atoms with E-state index in [0.717, 1.165) is 33.5 Å². The maximum absolute atomic E-state index is 5.37. The van der Waals surface area contributed by atoms with Gasteiger partial charge in [0.1, 0.15) is 0 Å². The molecule has 0 aliphatic rings. The fourth-order valence-electron chi connectivity index (χ4n) is 2.38. The predicted molar refractivity (Wildman–Crippen MR) is 87.9 cm³/mol.